The summed E-state index contributed by atoms with van der Waals surface area (Å²) in [4.78, 5) is 33.6. The second kappa shape index (κ2) is 9.33. The Hall–Kier alpha value is -3.41. The number of fused-ring (bicyclic) bond motifs is 1. The molecule has 0 bridgehead atoms. The van der Waals surface area contributed by atoms with Gasteiger partial charge in [-0.1, -0.05) is 37.1 Å². The second-order valence-corrected chi connectivity index (χ2v) is 10.4. The summed E-state index contributed by atoms with van der Waals surface area (Å²) in [6.07, 6.45) is 18.6. The molecule has 4 aliphatic rings. The molecule has 35 heavy (non-hydrogen) atoms. The fourth-order valence-corrected chi connectivity index (χ4v) is 5.75. The van der Waals surface area contributed by atoms with E-state index in [0.29, 0.717) is 17.9 Å². The van der Waals surface area contributed by atoms with Crippen LogP contribution in [-0.4, -0.2) is 27.8 Å². The van der Waals surface area contributed by atoms with Crippen LogP contribution >= 0.6 is 0 Å². The summed E-state index contributed by atoms with van der Waals surface area (Å²) >= 11 is 0. The Balaban J connectivity index is 1.08. The SMILES string of the molecule is O=C(NC1CCCC1)C1=Cc2nc(-c3ccc(NC(=O)C4CC4C4C=CC=CC4)cc3)[nH]c2CC1. The summed E-state index contributed by atoms with van der Waals surface area (Å²) in [6.45, 7) is 0. The van der Waals surface area contributed by atoms with Crippen LogP contribution in [0.4, 0.5) is 5.69 Å². The van der Waals surface area contributed by atoms with Crippen molar-refractivity contribution in [2.24, 2.45) is 17.8 Å². The van der Waals surface area contributed by atoms with E-state index >= 15 is 0 Å². The summed E-state index contributed by atoms with van der Waals surface area (Å²) in [5.74, 6) is 2.03. The van der Waals surface area contributed by atoms with E-state index in [1.54, 1.807) is 0 Å². The average molecular weight is 469 g/mol. The monoisotopic (exact) mass is 468 g/mol. The van der Waals surface area contributed by atoms with Gasteiger partial charge in [-0.25, -0.2) is 4.98 Å². The molecule has 2 fully saturated rings. The van der Waals surface area contributed by atoms with E-state index in [-0.39, 0.29) is 17.7 Å². The number of hydrogen-bond donors (Lipinski definition) is 3. The summed E-state index contributed by atoms with van der Waals surface area (Å²) < 4.78 is 0. The molecule has 0 radical (unpaired) electrons. The molecule has 0 saturated heterocycles. The van der Waals surface area contributed by atoms with Crippen LogP contribution in [0, 0.1) is 17.8 Å². The Kier molecular flexibility index (Phi) is 5.88. The van der Waals surface area contributed by atoms with Gasteiger partial charge in [-0.3, -0.25) is 9.59 Å². The Morgan fingerprint density at radius 2 is 1.86 bits per heavy atom. The van der Waals surface area contributed by atoms with Crippen molar-refractivity contribution in [2.75, 3.05) is 5.32 Å². The number of carbonyl (C=O) groups is 2. The zero-order valence-electron chi connectivity index (χ0n) is 19.9. The molecule has 0 spiro atoms. The highest BCUT2D eigenvalue weighted by Gasteiger charge is 2.46. The molecule has 6 heteroatoms. The first-order valence-electron chi connectivity index (χ1n) is 13.0. The highest BCUT2D eigenvalue weighted by Crippen LogP contribution is 2.47. The Morgan fingerprint density at radius 3 is 2.63 bits per heavy atom. The lowest BCUT2D eigenvalue weighted by atomic mass is 9.94. The van der Waals surface area contributed by atoms with E-state index in [2.05, 4.69) is 39.9 Å². The van der Waals surface area contributed by atoms with Gasteiger partial charge in [0.25, 0.3) is 0 Å². The maximum absolute atomic E-state index is 12.7. The van der Waals surface area contributed by atoms with Gasteiger partial charge in [0.15, 0.2) is 0 Å². The Labute approximate surface area is 206 Å². The van der Waals surface area contributed by atoms with Crippen molar-refractivity contribution in [1.82, 2.24) is 15.3 Å². The molecule has 6 nitrogen and oxygen atoms in total. The highest BCUT2D eigenvalue weighted by atomic mass is 16.2. The van der Waals surface area contributed by atoms with Crippen molar-refractivity contribution < 1.29 is 9.59 Å². The minimum Gasteiger partial charge on any atom is -0.350 e. The number of nitrogens with zero attached hydrogens (tertiary/aromatic N) is 1. The number of hydrogen-bond acceptors (Lipinski definition) is 3. The van der Waals surface area contributed by atoms with Gasteiger partial charge in [0.1, 0.15) is 5.82 Å². The molecule has 3 unspecified atom stereocenters. The number of rotatable bonds is 6. The first-order chi connectivity index (χ1) is 17.1. The van der Waals surface area contributed by atoms with Crippen LogP contribution in [0.3, 0.4) is 0 Å². The van der Waals surface area contributed by atoms with E-state index < -0.39 is 0 Å². The van der Waals surface area contributed by atoms with Gasteiger partial charge < -0.3 is 15.6 Å². The normalized spacial score (nSPS) is 25.1. The maximum atomic E-state index is 12.7. The third-order valence-corrected chi connectivity index (χ3v) is 7.91. The molecular formula is C29H32N4O2. The van der Waals surface area contributed by atoms with Crippen LogP contribution in [0.2, 0.25) is 0 Å². The smallest absolute Gasteiger partial charge is 0.247 e. The second-order valence-electron chi connectivity index (χ2n) is 10.4. The van der Waals surface area contributed by atoms with Crippen molar-refractivity contribution in [3.05, 3.63) is 65.5 Å². The first kappa shape index (κ1) is 22.1. The number of aromatic amines is 1. The molecule has 1 aromatic heterocycles. The number of imidazole rings is 1. The number of H-pyrrole nitrogens is 1. The number of nitrogens with one attached hydrogen (secondary N) is 3. The summed E-state index contributed by atoms with van der Waals surface area (Å²) in [7, 11) is 0. The fraction of sp³-hybridized carbons (Fsp3) is 0.414. The van der Waals surface area contributed by atoms with Gasteiger partial charge in [0.2, 0.25) is 11.8 Å². The standard InChI is InChI=1S/C29H32N4O2/c34-28(30-21-8-4-5-9-21)20-12-15-25-26(16-20)33-27(32-25)19-10-13-22(14-11-19)31-29(35)24-17-23(24)18-6-2-1-3-7-18/h1-3,6,10-11,13-14,16,18,21,23-24H,4-5,7-9,12,15,17H2,(H,30,34)(H,31,35)(H,32,33). The zero-order valence-corrected chi connectivity index (χ0v) is 19.9. The summed E-state index contributed by atoms with van der Waals surface area (Å²) in [5, 5.41) is 6.27. The zero-order chi connectivity index (χ0) is 23.8. The van der Waals surface area contributed by atoms with Crippen molar-refractivity contribution in [2.45, 2.75) is 57.4 Å². The molecule has 2 saturated carbocycles. The fourth-order valence-electron chi connectivity index (χ4n) is 5.75. The lowest BCUT2D eigenvalue weighted by Gasteiger charge is -2.16. The Morgan fingerprint density at radius 1 is 1.03 bits per heavy atom. The van der Waals surface area contributed by atoms with Gasteiger partial charge in [-0.15, -0.1) is 0 Å². The average Bonchev–Trinajstić information content (AvgIpc) is 3.31. The van der Waals surface area contributed by atoms with Crippen LogP contribution in [0.15, 0.2) is 54.1 Å². The van der Waals surface area contributed by atoms with Crippen molar-refractivity contribution in [3.63, 3.8) is 0 Å². The predicted molar refractivity (Wildman–Crippen MR) is 137 cm³/mol. The van der Waals surface area contributed by atoms with E-state index in [9.17, 15) is 9.59 Å². The number of aryl methyl sites for hydroxylation is 1. The van der Waals surface area contributed by atoms with E-state index in [1.165, 1.54) is 12.8 Å². The number of benzene rings is 1. The lowest BCUT2D eigenvalue weighted by molar-refractivity contribution is -0.118. The van der Waals surface area contributed by atoms with Crippen molar-refractivity contribution in [3.8, 4) is 11.4 Å². The van der Waals surface area contributed by atoms with Gasteiger partial charge in [-0.2, -0.15) is 0 Å². The number of allylic oxidation sites excluding steroid dienone is 4. The van der Waals surface area contributed by atoms with Gasteiger partial charge in [-0.05, 0) is 80.7 Å². The molecular weight excluding hydrogens is 436 g/mol. The minimum absolute atomic E-state index is 0.0565. The molecule has 4 aliphatic carbocycles. The molecule has 180 valence electrons. The topological polar surface area (TPSA) is 86.9 Å². The summed E-state index contributed by atoms with van der Waals surface area (Å²) in [6, 6.07) is 8.16. The molecule has 3 N–H and O–H groups in total. The van der Waals surface area contributed by atoms with Gasteiger partial charge in [0, 0.05) is 34.5 Å². The van der Waals surface area contributed by atoms with Crippen molar-refractivity contribution >= 4 is 23.6 Å². The van der Waals surface area contributed by atoms with E-state index in [4.69, 9.17) is 4.98 Å². The molecule has 2 aromatic rings. The highest BCUT2D eigenvalue weighted by molar-refractivity contribution is 5.98. The molecule has 0 aliphatic heterocycles. The third kappa shape index (κ3) is 4.75. The minimum atomic E-state index is 0.0565. The number of carbonyl (C=O) groups excluding carboxylic acids is 2. The third-order valence-electron chi connectivity index (χ3n) is 7.91. The molecule has 2 amide bonds. The van der Waals surface area contributed by atoms with Gasteiger partial charge in [0.05, 0.1) is 5.69 Å². The van der Waals surface area contributed by atoms with Crippen LogP contribution in [0.5, 0.6) is 0 Å². The predicted octanol–water partition coefficient (Wildman–Crippen LogP) is 5.17. The summed E-state index contributed by atoms with van der Waals surface area (Å²) in [5.41, 5.74) is 4.52. The number of amides is 2. The van der Waals surface area contributed by atoms with Crippen molar-refractivity contribution in [1.29, 1.82) is 0 Å². The van der Waals surface area contributed by atoms with Gasteiger partial charge >= 0.3 is 0 Å². The first-order valence-corrected chi connectivity index (χ1v) is 13.0. The number of aromatic nitrogens is 2. The lowest BCUT2D eigenvalue weighted by Crippen LogP contribution is -2.34. The molecule has 1 heterocycles. The molecule has 1 aromatic carbocycles. The molecule has 3 atom stereocenters. The largest absolute Gasteiger partial charge is 0.350 e. The van der Waals surface area contributed by atoms with E-state index in [1.807, 2.05) is 30.3 Å². The van der Waals surface area contributed by atoms with E-state index in [0.717, 1.165) is 72.6 Å². The number of anilines is 1. The van der Waals surface area contributed by atoms with Crippen LogP contribution in [0.1, 0.15) is 56.3 Å². The molecule has 6 rings (SSSR count). The Bertz CT molecular complexity index is 1210. The van der Waals surface area contributed by atoms with Crippen LogP contribution in [-0.2, 0) is 16.0 Å². The quantitative estimate of drug-likeness (QED) is 0.546. The van der Waals surface area contributed by atoms with Crippen LogP contribution < -0.4 is 10.6 Å². The maximum Gasteiger partial charge on any atom is 0.247 e. The van der Waals surface area contributed by atoms with Crippen LogP contribution in [0.25, 0.3) is 17.5 Å².